The van der Waals surface area contributed by atoms with Crippen LogP contribution in [0.4, 0.5) is 0 Å². The molecule has 1 spiro atoms. The molecule has 1 atom stereocenters. The summed E-state index contributed by atoms with van der Waals surface area (Å²) in [6.45, 7) is 2.20. The van der Waals surface area contributed by atoms with Crippen molar-refractivity contribution >= 4 is 12.4 Å². The molecule has 1 fully saturated rings. The second kappa shape index (κ2) is 4.32. The Morgan fingerprint density at radius 1 is 1.38 bits per heavy atom. The van der Waals surface area contributed by atoms with Crippen LogP contribution in [0.25, 0.3) is 0 Å². The van der Waals surface area contributed by atoms with Crippen LogP contribution < -0.4 is 11.1 Å². The summed E-state index contributed by atoms with van der Waals surface area (Å²) in [5.74, 6) is 0. The number of pyridine rings is 1. The van der Waals surface area contributed by atoms with E-state index in [1.165, 1.54) is 18.4 Å². The summed E-state index contributed by atoms with van der Waals surface area (Å²) < 4.78 is 0. The molecular weight excluding hydrogens is 222 g/mol. The molecule has 0 saturated carbocycles. The normalized spacial score (nSPS) is 26.2. The van der Waals surface area contributed by atoms with E-state index in [0.29, 0.717) is 5.41 Å². The van der Waals surface area contributed by atoms with Crippen LogP contribution in [-0.2, 0) is 6.42 Å². The second-order valence-corrected chi connectivity index (χ2v) is 4.81. The molecule has 16 heavy (non-hydrogen) atoms. The number of hydrogen-bond acceptors (Lipinski definition) is 3. The van der Waals surface area contributed by atoms with E-state index in [0.717, 1.165) is 25.2 Å². The van der Waals surface area contributed by atoms with E-state index in [1.54, 1.807) is 0 Å². The van der Waals surface area contributed by atoms with Crippen LogP contribution in [0, 0.1) is 5.41 Å². The Bertz CT molecular complexity index is 374. The van der Waals surface area contributed by atoms with Crippen molar-refractivity contribution in [3.05, 3.63) is 29.6 Å². The van der Waals surface area contributed by atoms with Crippen LogP contribution in [0.15, 0.2) is 18.3 Å². The molecule has 0 aromatic carbocycles. The molecule has 1 aliphatic carbocycles. The van der Waals surface area contributed by atoms with Gasteiger partial charge in [0.1, 0.15) is 0 Å². The van der Waals surface area contributed by atoms with Gasteiger partial charge in [-0.15, -0.1) is 12.4 Å². The van der Waals surface area contributed by atoms with Crippen molar-refractivity contribution in [1.29, 1.82) is 0 Å². The van der Waals surface area contributed by atoms with Gasteiger partial charge in [-0.25, -0.2) is 0 Å². The van der Waals surface area contributed by atoms with Crippen molar-refractivity contribution in [2.24, 2.45) is 11.1 Å². The summed E-state index contributed by atoms with van der Waals surface area (Å²) in [5, 5.41) is 3.41. The lowest BCUT2D eigenvalue weighted by Gasteiger charge is -2.37. The molecular formula is C12H18ClN3. The first-order chi connectivity index (χ1) is 7.32. The lowest BCUT2D eigenvalue weighted by Crippen LogP contribution is -2.42. The maximum Gasteiger partial charge on any atom is 0.0608 e. The average Bonchev–Trinajstić information content (AvgIpc) is 2.54. The number of hydrogen-bond donors (Lipinski definition) is 2. The maximum atomic E-state index is 6.37. The third-order valence-electron chi connectivity index (χ3n) is 4.02. The fourth-order valence-corrected chi connectivity index (χ4v) is 3.07. The molecule has 3 N–H and O–H groups in total. The maximum absolute atomic E-state index is 6.37. The smallest absolute Gasteiger partial charge is 0.0608 e. The predicted molar refractivity (Wildman–Crippen MR) is 66.7 cm³/mol. The number of nitrogens with two attached hydrogens (primary N) is 1. The summed E-state index contributed by atoms with van der Waals surface area (Å²) in [6, 6.07) is 4.35. The Morgan fingerprint density at radius 3 is 2.81 bits per heavy atom. The van der Waals surface area contributed by atoms with Crippen molar-refractivity contribution in [2.75, 3.05) is 13.1 Å². The summed E-state index contributed by atoms with van der Waals surface area (Å²) >= 11 is 0. The second-order valence-electron chi connectivity index (χ2n) is 4.81. The van der Waals surface area contributed by atoms with Crippen LogP contribution in [0.2, 0.25) is 0 Å². The number of nitrogens with zero attached hydrogens (tertiary/aromatic N) is 1. The molecule has 1 aliphatic heterocycles. The van der Waals surface area contributed by atoms with Gasteiger partial charge in [0.05, 0.1) is 11.7 Å². The number of piperidine rings is 1. The highest BCUT2D eigenvalue weighted by Crippen LogP contribution is 2.48. The third-order valence-corrected chi connectivity index (χ3v) is 4.02. The first-order valence-corrected chi connectivity index (χ1v) is 5.72. The summed E-state index contributed by atoms with van der Waals surface area (Å²) in [7, 11) is 0. The van der Waals surface area contributed by atoms with Gasteiger partial charge in [0.2, 0.25) is 0 Å². The van der Waals surface area contributed by atoms with Gasteiger partial charge >= 0.3 is 0 Å². The summed E-state index contributed by atoms with van der Waals surface area (Å²) in [5.41, 5.74) is 9.17. The number of aromatic nitrogens is 1. The summed E-state index contributed by atoms with van der Waals surface area (Å²) in [4.78, 5) is 4.44. The van der Waals surface area contributed by atoms with Crippen LogP contribution in [0.5, 0.6) is 0 Å². The van der Waals surface area contributed by atoms with Gasteiger partial charge in [-0.1, -0.05) is 6.07 Å². The van der Waals surface area contributed by atoms with E-state index < -0.39 is 0 Å². The first-order valence-electron chi connectivity index (χ1n) is 5.72. The SMILES string of the molecule is Cl.N[C@@H]1c2ncccc2CC12CCNCC2. The molecule has 0 bridgehead atoms. The standard InChI is InChI=1S/C12H17N3.ClH/c13-11-10-9(2-1-5-15-10)8-12(11)3-6-14-7-4-12;/h1-2,5,11,14H,3-4,6-8,13H2;1H/t11-;/m1./s1. The largest absolute Gasteiger partial charge is 0.322 e. The molecule has 0 unspecified atom stereocenters. The van der Waals surface area contributed by atoms with Gasteiger partial charge in [0.15, 0.2) is 0 Å². The van der Waals surface area contributed by atoms with E-state index in [4.69, 9.17) is 5.73 Å². The Balaban J connectivity index is 0.000000963. The van der Waals surface area contributed by atoms with Crippen molar-refractivity contribution < 1.29 is 0 Å². The third kappa shape index (κ3) is 1.63. The first kappa shape index (κ1) is 11.8. The van der Waals surface area contributed by atoms with E-state index in [1.807, 2.05) is 12.3 Å². The number of rotatable bonds is 0. The van der Waals surface area contributed by atoms with Crippen molar-refractivity contribution in [2.45, 2.75) is 25.3 Å². The van der Waals surface area contributed by atoms with Crippen molar-refractivity contribution in [3.8, 4) is 0 Å². The van der Waals surface area contributed by atoms with E-state index in [2.05, 4.69) is 16.4 Å². The highest BCUT2D eigenvalue weighted by Gasteiger charge is 2.45. The Morgan fingerprint density at radius 2 is 2.12 bits per heavy atom. The fraction of sp³-hybridized carbons (Fsp3) is 0.583. The minimum Gasteiger partial charge on any atom is -0.322 e. The zero-order chi connectivity index (χ0) is 10.3. The van der Waals surface area contributed by atoms with Crippen molar-refractivity contribution in [1.82, 2.24) is 10.3 Å². The van der Waals surface area contributed by atoms with Gasteiger partial charge in [-0.2, -0.15) is 0 Å². The summed E-state index contributed by atoms with van der Waals surface area (Å²) in [6.07, 6.45) is 5.35. The zero-order valence-electron chi connectivity index (χ0n) is 9.28. The number of fused-ring (bicyclic) bond motifs is 1. The molecule has 1 aromatic heterocycles. The average molecular weight is 240 g/mol. The Hall–Kier alpha value is -0.640. The molecule has 1 aromatic rings. The van der Waals surface area contributed by atoms with Crippen molar-refractivity contribution in [3.63, 3.8) is 0 Å². The number of halogens is 1. The molecule has 1 saturated heterocycles. The minimum atomic E-state index is 0. The van der Waals surface area contributed by atoms with Crippen LogP contribution in [0.3, 0.4) is 0 Å². The zero-order valence-corrected chi connectivity index (χ0v) is 10.1. The predicted octanol–water partition coefficient (Wildman–Crippen LogP) is 1.43. The van der Waals surface area contributed by atoms with Gasteiger partial charge in [0.25, 0.3) is 0 Å². The molecule has 2 heterocycles. The van der Waals surface area contributed by atoms with Gasteiger partial charge in [0, 0.05) is 6.20 Å². The lowest BCUT2D eigenvalue weighted by atomic mass is 9.74. The van der Waals surface area contributed by atoms with Gasteiger partial charge in [-0.05, 0) is 49.4 Å². The highest BCUT2D eigenvalue weighted by atomic mass is 35.5. The molecule has 3 nitrogen and oxygen atoms in total. The van der Waals surface area contributed by atoms with E-state index in [-0.39, 0.29) is 18.4 Å². The van der Waals surface area contributed by atoms with Crippen LogP contribution in [0.1, 0.15) is 30.1 Å². The molecule has 0 amide bonds. The number of nitrogens with one attached hydrogen (secondary N) is 1. The fourth-order valence-electron chi connectivity index (χ4n) is 3.07. The van der Waals surface area contributed by atoms with Crippen LogP contribution in [-0.4, -0.2) is 18.1 Å². The Kier molecular flexibility index (Phi) is 3.19. The molecule has 88 valence electrons. The quantitative estimate of drug-likeness (QED) is 0.720. The Labute approximate surface area is 102 Å². The van der Waals surface area contributed by atoms with E-state index in [9.17, 15) is 0 Å². The van der Waals surface area contributed by atoms with E-state index >= 15 is 0 Å². The van der Waals surface area contributed by atoms with Gasteiger partial charge in [-0.3, -0.25) is 4.98 Å². The molecule has 0 radical (unpaired) electrons. The highest BCUT2D eigenvalue weighted by molar-refractivity contribution is 5.85. The molecule has 4 heteroatoms. The molecule has 2 aliphatic rings. The minimum absolute atomic E-state index is 0. The van der Waals surface area contributed by atoms with Crippen LogP contribution >= 0.6 is 12.4 Å². The lowest BCUT2D eigenvalue weighted by molar-refractivity contribution is 0.172. The van der Waals surface area contributed by atoms with Gasteiger partial charge < -0.3 is 11.1 Å². The topological polar surface area (TPSA) is 50.9 Å². The molecule has 3 rings (SSSR count). The monoisotopic (exact) mass is 239 g/mol.